The van der Waals surface area contributed by atoms with Crippen LogP contribution in [0.2, 0.25) is 0 Å². The summed E-state index contributed by atoms with van der Waals surface area (Å²) >= 11 is 0. The van der Waals surface area contributed by atoms with Gasteiger partial charge in [-0.2, -0.15) is 0 Å². The van der Waals surface area contributed by atoms with Gasteiger partial charge in [-0.1, -0.05) is 36.4 Å². The lowest BCUT2D eigenvalue weighted by Gasteiger charge is -2.07. The molecule has 0 fully saturated rings. The predicted octanol–water partition coefficient (Wildman–Crippen LogP) is 3.60. The normalized spacial score (nSPS) is 11.4. The quantitative estimate of drug-likeness (QED) is 0.673. The number of furan rings is 1. The maximum absolute atomic E-state index is 12.4. The van der Waals surface area contributed by atoms with Crippen molar-refractivity contribution in [1.82, 2.24) is 4.98 Å². The number of hydrogen-bond acceptors (Lipinski definition) is 6. The summed E-state index contributed by atoms with van der Waals surface area (Å²) in [6.07, 6.45) is 2.43. The molecule has 0 aliphatic rings. The Bertz CT molecular complexity index is 1150. The van der Waals surface area contributed by atoms with Gasteiger partial charge in [0.1, 0.15) is 11.1 Å². The van der Waals surface area contributed by atoms with Crippen molar-refractivity contribution in [2.45, 2.75) is 6.92 Å². The van der Waals surface area contributed by atoms with Crippen molar-refractivity contribution >= 4 is 38.9 Å². The van der Waals surface area contributed by atoms with Crippen LogP contribution < -0.4 is 4.72 Å². The molecule has 1 aromatic carbocycles. The lowest BCUT2D eigenvalue weighted by molar-refractivity contribution is 0.0603. The van der Waals surface area contributed by atoms with E-state index in [-0.39, 0.29) is 28.0 Å². The SMILES string of the molecule is C=Cc1nc2c(C(=O)OC)c(-c3ccc(C)cc3)oc2cc1NS(C)(=O)=O. The standard InChI is InChI=1S/C19H18N2O5S/c1-5-13-14(21-27(4,23)24)10-15-17(20-13)16(19(22)25-3)18(26-15)12-8-6-11(2)7-9-12/h5-10,21H,1H2,2-4H3. The maximum atomic E-state index is 12.4. The van der Waals surface area contributed by atoms with Gasteiger partial charge in [0, 0.05) is 11.6 Å². The predicted molar refractivity (Wildman–Crippen MR) is 104 cm³/mol. The number of ether oxygens (including phenoxy) is 1. The van der Waals surface area contributed by atoms with Crippen LogP contribution in [-0.4, -0.2) is 32.7 Å². The molecular weight excluding hydrogens is 368 g/mol. The second kappa shape index (κ2) is 6.88. The number of carbonyl (C=O) groups is 1. The van der Waals surface area contributed by atoms with Crippen LogP contribution >= 0.6 is 0 Å². The molecule has 0 amide bonds. The minimum atomic E-state index is -3.53. The van der Waals surface area contributed by atoms with Crippen molar-refractivity contribution in [3.63, 3.8) is 0 Å². The molecule has 3 aromatic rings. The number of nitrogens with one attached hydrogen (secondary N) is 1. The molecule has 8 heteroatoms. The van der Waals surface area contributed by atoms with Crippen LogP contribution in [0.25, 0.3) is 28.5 Å². The average Bonchev–Trinajstić information content (AvgIpc) is 2.97. The summed E-state index contributed by atoms with van der Waals surface area (Å²) in [5.41, 5.74) is 2.91. The Balaban J connectivity index is 2.31. The van der Waals surface area contributed by atoms with Crippen LogP contribution in [0.5, 0.6) is 0 Å². The average molecular weight is 386 g/mol. The van der Waals surface area contributed by atoms with Crippen LogP contribution in [0.4, 0.5) is 5.69 Å². The zero-order chi connectivity index (χ0) is 19.8. The third-order valence-electron chi connectivity index (χ3n) is 3.88. The molecule has 0 bridgehead atoms. The topological polar surface area (TPSA) is 98.5 Å². The first-order chi connectivity index (χ1) is 12.7. The molecule has 0 saturated heterocycles. The van der Waals surface area contributed by atoms with Crippen molar-refractivity contribution in [2.75, 3.05) is 18.1 Å². The molecule has 2 heterocycles. The van der Waals surface area contributed by atoms with E-state index in [9.17, 15) is 13.2 Å². The largest absolute Gasteiger partial charge is 0.465 e. The smallest absolute Gasteiger partial charge is 0.344 e. The van der Waals surface area contributed by atoms with Gasteiger partial charge in [-0.25, -0.2) is 18.2 Å². The fraction of sp³-hybridized carbons (Fsp3) is 0.158. The third-order valence-corrected chi connectivity index (χ3v) is 4.48. The Morgan fingerprint density at radius 2 is 1.96 bits per heavy atom. The molecule has 7 nitrogen and oxygen atoms in total. The van der Waals surface area contributed by atoms with E-state index in [0.717, 1.165) is 11.8 Å². The zero-order valence-corrected chi connectivity index (χ0v) is 15.9. The molecule has 0 spiro atoms. The number of rotatable bonds is 5. The van der Waals surface area contributed by atoms with Gasteiger partial charge in [-0.05, 0) is 13.0 Å². The first kappa shape index (κ1) is 18.7. The molecule has 3 rings (SSSR count). The summed E-state index contributed by atoms with van der Waals surface area (Å²) < 4.78 is 36.4. The molecule has 1 N–H and O–H groups in total. The summed E-state index contributed by atoms with van der Waals surface area (Å²) in [4.78, 5) is 16.8. The van der Waals surface area contributed by atoms with E-state index in [1.165, 1.54) is 19.3 Å². The fourth-order valence-corrected chi connectivity index (χ4v) is 3.23. The van der Waals surface area contributed by atoms with E-state index in [0.29, 0.717) is 11.3 Å². The van der Waals surface area contributed by atoms with E-state index in [1.807, 2.05) is 31.2 Å². The summed E-state index contributed by atoms with van der Waals surface area (Å²) in [5, 5.41) is 0. The van der Waals surface area contributed by atoms with Crippen molar-refractivity contribution in [2.24, 2.45) is 0 Å². The molecule has 27 heavy (non-hydrogen) atoms. The monoisotopic (exact) mass is 386 g/mol. The van der Waals surface area contributed by atoms with Crippen LogP contribution in [0.3, 0.4) is 0 Å². The molecule has 0 atom stereocenters. The van der Waals surface area contributed by atoms with Crippen molar-refractivity contribution in [3.05, 3.63) is 53.7 Å². The van der Waals surface area contributed by atoms with E-state index in [2.05, 4.69) is 16.3 Å². The Hall–Kier alpha value is -3.13. The van der Waals surface area contributed by atoms with Gasteiger partial charge in [0.05, 0.1) is 24.7 Å². The van der Waals surface area contributed by atoms with Gasteiger partial charge in [0.25, 0.3) is 0 Å². The number of carbonyl (C=O) groups excluding carboxylic acids is 1. The highest BCUT2D eigenvalue weighted by Crippen LogP contribution is 2.35. The minimum absolute atomic E-state index is 0.172. The summed E-state index contributed by atoms with van der Waals surface area (Å²) in [6.45, 7) is 5.60. The van der Waals surface area contributed by atoms with Gasteiger partial charge in [-0.15, -0.1) is 0 Å². The Kier molecular flexibility index (Phi) is 4.75. The van der Waals surface area contributed by atoms with Crippen molar-refractivity contribution in [1.29, 1.82) is 0 Å². The van der Waals surface area contributed by atoms with Crippen molar-refractivity contribution in [3.8, 4) is 11.3 Å². The highest BCUT2D eigenvalue weighted by atomic mass is 32.2. The number of sulfonamides is 1. The van der Waals surface area contributed by atoms with Gasteiger partial charge < -0.3 is 9.15 Å². The molecule has 0 unspecified atom stereocenters. The molecule has 0 aliphatic carbocycles. The molecule has 140 valence electrons. The van der Waals surface area contributed by atoms with E-state index in [1.54, 1.807) is 0 Å². The first-order valence-electron chi connectivity index (χ1n) is 7.96. The molecular formula is C19H18N2O5S. The number of nitrogens with zero attached hydrogens (tertiary/aromatic N) is 1. The van der Waals surface area contributed by atoms with Crippen molar-refractivity contribution < 1.29 is 22.4 Å². The van der Waals surface area contributed by atoms with Crippen LogP contribution in [0.15, 0.2) is 41.3 Å². The number of esters is 1. The summed E-state index contributed by atoms with van der Waals surface area (Å²) in [5.74, 6) is -0.300. The highest BCUT2D eigenvalue weighted by Gasteiger charge is 2.25. The van der Waals surface area contributed by atoms with E-state index >= 15 is 0 Å². The van der Waals surface area contributed by atoms with E-state index < -0.39 is 16.0 Å². The molecule has 0 aliphatic heterocycles. The Morgan fingerprint density at radius 3 is 2.52 bits per heavy atom. The molecule has 2 aromatic heterocycles. The number of hydrogen-bond donors (Lipinski definition) is 1. The van der Waals surface area contributed by atoms with Crippen LogP contribution in [0.1, 0.15) is 21.6 Å². The van der Waals surface area contributed by atoms with Crippen LogP contribution in [-0.2, 0) is 14.8 Å². The van der Waals surface area contributed by atoms with E-state index in [4.69, 9.17) is 9.15 Å². The van der Waals surface area contributed by atoms with Gasteiger partial charge in [-0.3, -0.25) is 4.72 Å². The maximum Gasteiger partial charge on any atom is 0.344 e. The second-order valence-electron chi connectivity index (χ2n) is 6.01. The first-order valence-corrected chi connectivity index (χ1v) is 9.85. The second-order valence-corrected chi connectivity index (χ2v) is 7.76. The number of pyridine rings is 1. The lowest BCUT2D eigenvalue weighted by Crippen LogP contribution is -2.11. The summed E-state index contributed by atoms with van der Waals surface area (Å²) in [6, 6.07) is 8.91. The van der Waals surface area contributed by atoms with Gasteiger partial charge >= 0.3 is 5.97 Å². The molecule has 0 saturated carbocycles. The number of anilines is 1. The van der Waals surface area contributed by atoms with Gasteiger partial charge in [0.15, 0.2) is 11.3 Å². The minimum Gasteiger partial charge on any atom is -0.465 e. The number of aryl methyl sites for hydroxylation is 1. The Morgan fingerprint density at radius 1 is 1.30 bits per heavy atom. The highest BCUT2D eigenvalue weighted by molar-refractivity contribution is 7.92. The molecule has 0 radical (unpaired) electrons. The Labute approximate surface area is 156 Å². The summed E-state index contributed by atoms with van der Waals surface area (Å²) in [7, 11) is -2.26. The number of fused-ring (bicyclic) bond motifs is 1. The number of benzene rings is 1. The lowest BCUT2D eigenvalue weighted by atomic mass is 10.1. The number of aromatic nitrogens is 1. The van der Waals surface area contributed by atoms with Gasteiger partial charge in [0.2, 0.25) is 10.0 Å². The fourth-order valence-electron chi connectivity index (χ4n) is 2.67. The third kappa shape index (κ3) is 3.70. The zero-order valence-electron chi connectivity index (χ0n) is 15.1. The van der Waals surface area contributed by atoms with Crippen LogP contribution in [0, 0.1) is 6.92 Å². The number of methoxy groups -OCH3 is 1.